The lowest BCUT2D eigenvalue weighted by Crippen LogP contribution is -2.08. The van der Waals surface area contributed by atoms with E-state index in [1.165, 1.54) is 17.8 Å². The lowest BCUT2D eigenvalue weighted by Gasteiger charge is -1.88. The topological polar surface area (TPSA) is 42.0 Å². The van der Waals surface area contributed by atoms with E-state index in [2.05, 4.69) is 24.1 Å². The minimum absolute atomic E-state index is 0.543. The van der Waals surface area contributed by atoms with E-state index in [0.717, 1.165) is 5.01 Å². The van der Waals surface area contributed by atoms with Gasteiger partial charge in [-0.1, -0.05) is 20.3 Å². The molecule has 1 N–H and O–H groups in total. The van der Waals surface area contributed by atoms with Gasteiger partial charge in [-0.2, -0.15) is 0 Å². The number of hydrogen-bond acceptors (Lipinski definition) is 3. The van der Waals surface area contributed by atoms with Gasteiger partial charge >= 0.3 is 0 Å². The second kappa shape index (κ2) is 8.20. The van der Waals surface area contributed by atoms with Gasteiger partial charge in [-0.15, -0.1) is 11.3 Å². The number of aromatic nitrogens is 1. The Morgan fingerprint density at radius 2 is 2.33 bits per heavy atom. The maximum atomic E-state index is 9.77. The fraction of sp³-hybridized carbons (Fsp3) is 0.500. The van der Waals surface area contributed by atoms with Crippen LogP contribution in [-0.4, -0.2) is 11.4 Å². The molecule has 0 bridgehead atoms. The summed E-state index contributed by atoms with van der Waals surface area (Å²) in [5, 5.41) is 5.33. The van der Waals surface area contributed by atoms with Gasteiger partial charge in [0.2, 0.25) is 6.41 Å². The van der Waals surface area contributed by atoms with E-state index in [1.807, 2.05) is 5.38 Å². The zero-order valence-electron chi connectivity index (χ0n) is 7.41. The normalized spacial score (nSPS) is 8.17. The van der Waals surface area contributed by atoms with Crippen molar-refractivity contribution < 1.29 is 4.79 Å². The highest BCUT2D eigenvalue weighted by Crippen LogP contribution is 2.01. The van der Waals surface area contributed by atoms with Crippen LogP contribution in [0, 0.1) is 0 Å². The Kier molecular flexibility index (Phi) is 7.58. The number of rotatable bonds is 3. The van der Waals surface area contributed by atoms with Crippen molar-refractivity contribution >= 4 is 17.7 Å². The van der Waals surface area contributed by atoms with Gasteiger partial charge < -0.3 is 5.32 Å². The smallest absolute Gasteiger partial charge is 0.207 e. The predicted octanol–water partition coefficient (Wildman–Crippen LogP) is 1.81. The van der Waals surface area contributed by atoms with E-state index in [4.69, 9.17) is 0 Å². The van der Waals surface area contributed by atoms with Crippen LogP contribution in [0.4, 0.5) is 0 Å². The standard InChI is InChI=1S/C5H6N2OS.C3H8/c8-4-6-3-5-7-1-2-9-5;1-3-2/h1-2,4H,3H2,(H,6,8);3H2,1-2H3. The Morgan fingerprint density at radius 3 is 2.75 bits per heavy atom. The van der Waals surface area contributed by atoms with Crippen LogP contribution < -0.4 is 5.32 Å². The summed E-state index contributed by atoms with van der Waals surface area (Å²) in [5.41, 5.74) is 0. The molecule has 0 aromatic carbocycles. The van der Waals surface area contributed by atoms with Crippen LogP contribution in [-0.2, 0) is 11.3 Å². The summed E-state index contributed by atoms with van der Waals surface area (Å²) < 4.78 is 0. The number of thiazole rings is 1. The van der Waals surface area contributed by atoms with Crippen molar-refractivity contribution in [3.8, 4) is 0 Å². The average molecular weight is 186 g/mol. The first-order chi connectivity index (χ1) is 5.85. The Morgan fingerprint density at radius 1 is 1.67 bits per heavy atom. The minimum atomic E-state index is 0.543. The summed E-state index contributed by atoms with van der Waals surface area (Å²) >= 11 is 1.53. The Bertz CT molecular complexity index is 187. The van der Waals surface area contributed by atoms with E-state index in [1.54, 1.807) is 6.20 Å². The Balaban J connectivity index is 0.000000354. The van der Waals surface area contributed by atoms with Crippen LogP contribution >= 0.6 is 11.3 Å². The summed E-state index contributed by atoms with van der Waals surface area (Å²) in [4.78, 5) is 13.7. The molecule has 1 amide bonds. The summed E-state index contributed by atoms with van der Waals surface area (Å²) in [6.45, 7) is 4.79. The van der Waals surface area contributed by atoms with Gasteiger partial charge in [0.05, 0.1) is 6.54 Å². The highest BCUT2D eigenvalue weighted by Gasteiger charge is 1.89. The first-order valence-electron chi connectivity index (χ1n) is 3.90. The fourth-order valence-electron chi connectivity index (χ4n) is 0.469. The van der Waals surface area contributed by atoms with Crippen LogP contribution in [0.5, 0.6) is 0 Å². The third-order valence-electron chi connectivity index (χ3n) is 0.820. The zero-order chi connectivity index (χ0) is 9.23. The third-order valence-corrected chi connectivity index (χ3v) is 1.60. The van der Waals surface area contributed by atoms with Crippen molar-refractivity contribution in [2.45, 2.75) is 26.8 Å². The fourth-order valence-corrected chi connectivity index (χ4v) is 1.04. The van der Waals surface area contributed by atoms with Gasteiger partial charge in [0.25, 0.3) is 0 Å². The SMILES string of the molecule is CCC.O=CNCc1nccs1. The van der Waals surface area contributed by atoms with Gasteiger partial charge in [-0.3, -0.25) is 4.79 Å². The molecule has 68 valence electrons. The molecule has 1 heterocycles. The number of carbonyl (C=O) groups excluding carboxylic acids is 1. The molecular weight excluding hydrogens is 172 g/mol. The molecule has 0 radical (unpaired) electrons. The molecule has 0 fully saturated rings. The molecule has 3 nitrogen and oxygen atoms in total. The molecule has 0 saturated heterocycles. The first-order valence-corrected chi connectivity index (χ1v) is 4.78. The quantitative estimate of drug-likeness (QED) is 0.731. The predicted molar refractivity (Wildman–Crippen MR) is 51.0 cm³/mol. The molecule has 0 atom stereocenters. The van der Waals surface area contributed by atoms with E-state index in [-0.39, 0.29) is 0 Å². The van der Waals surface area contributed by atoms with Gasteiger partial charge in [-0.05, 0) is 0 Å². The lowest BCUT2D eigenvalue weighted by molar-refractivity contribution is -0.109. The van der Waals surface area contributed by atoms with Gasteiger partial charge in [0, 0.05) is 11.6 Å². The number of carbonyl (C=O) groups is 1. The zero-order valence-corrected chi connectivity index (χ0v) is 8.23. The number of nitrogens with zero attached hydrogens (tertiary/aromatic N) is 1. The van der Waals surface area contributed by atoms with Crippen LogP contribution in [0.15, 0.2) is 11.6 Å². The molecule has 0 saturated carbocycles. The molecule has 0 aliphatic carbocycles. The monoisotopic (exact) mass is 186 g/mol. The van der Waals surface area contributed by atoms with E-state index < -0.39 is 0 Å². The molecule has 12 heavy (non-hydrogen) atoms. The van der Waals surface area contributed by atoms with E-state index in [0.29, 0.717) is 13.0 Å². The van der Waals surface area contributed by atoms with Gasteiger partial charge in [-0.25, -0.2) is 4.98 Å². The van der Waals surface area contributed by atoms with Crippen molar-refractivity contribution in [3.63, 3.8) is 0 Å². The Hall–Kier alpha value is -0.900. The molecule has 1 rings (SSSR count). The molecule has 0 spiro atoms. The molecule has 0 aliphatic heterocycles. The third kappa shape index (κ3) is 5.85. The van der Waals surface area contributed by atoms with Crippen LogP contribution in [0.25, 0.3) is 0 Å². The number of amides is 1. The summed E-state index contributed by atoms with van der Waals surface area (Å²) in [7, 11) is 0. The van der Waals surface area contributed by atoms with Crippen molar-refractivity contribution in [1.82, 2.24) is 10.3 Å². The van der Waals surface area contributed by atoms with Crippen LogP contribution in [0.3, 0.4) is 0 Å². The van der Waals surface area contributed by atoms with Crippen molar-refractivity contribution in [3.05, 3.63) is 16.6 Å². The number of hydrogen-bond donors (Lipinski definition) is 1. The Labute approximate surface area is 76.8 Å². The summed E-state index contributed by atoms with van der Waals surface area (Å²) in [6, 6.07) is 0. The maximum Gasteiger partial charge on any atom is 0.207 e. The van der Waals surface area contributed by atoms with Crippen molar-refractivity contribution in [2.24, 2.45) is 0 Å². The molecule has 0 aliphatic rings. The molecule has 1 aromatic heterocycles. The first kappa shape index (κ1) is 11.1. The largest absolute Gasteiger partial charge is 0.352 e. The lowest BCUT2D eigenvalue weighted by atomic mass is 10.6. The van der Waals surface area contributed by atoms with Crippen LogP contribution in [0.1, 0.15) is 25.3 Å². The minimum Gasteiger partial charge on any atom is -0.352 e. The molecule has 1 aromatic rings. The second-order valence-electron chi connectivity index (χ2n) is 2.13. The maximum absolute atomic E-state index is 9.77. The van der Waals surface area contributed by atoms with Gasteiger partial charge in [0.1, 0.15) is 5.01 Å². The highest BCUT2D eigenvalue weighted by atomic mass is 32.1. The molecule has 0 unspecified atom stereocenters. The highest BCUT2D eigenvalue weighted by molar-refractivity contribution is 7.09. The van der Waals surface area contributed by atoms with Crippen molar-refractivity contribution in [2.75, 3.05) is 0 Å². The molecule has 4 heteroatoms. The summed E-state index contributed by atoms with van der Waals surface area (Å²) in [5.74, 6) is 0. The average Bonchev–Trinajstić information content (AvgIpc) is 2.54. The van der Waals surface area contributed by atoms with Gasteiger partial charge in [0.15, 0.2) is 0 Å². The molecular formula is C8H14N2OS. The van der Waals surface area contributed by atoms with E-state index >= 15 is 0 Å². The summed E-state index contributed by atoms with van der Waals surface area (Å²) in [6.07, 6.45) is 3.63. The van der Waals surface area contributed by atoms with E-state index in [9.17, 15) is 4.79 Å². The second-order valence-corrected chi connectivity index (χ2v) is 3.11. The van der Waals surface area contributed by atoms with Crippen molar-refractivity contribution in [1.29, 1.82) is 0 Å². The number of nitrogens with one attached hydrogen (secondary N) is 1. The van der Waals surface area contributed by atoms with Crippen LogP contribution in [0.2, 0.25) is 0 Å².